The third-order valence-corrected chi connectivity index (χ3v) is 4.16. The van der Waals surface area contributed by atoms with E-state index in [1.807, 2.05) is 37.5 Å². The van der Waals surface area contributed by atoms with Gasteiger partial charge in [-0.3, -0.25) is 4.68 Å². The Hall–Kier alpha value is -3.79. The van der Waals surface area contributed by atoms with Crippen LogP contribution in [-0.4, -0.2) is 21.9 Å². The van der Waals surface area contributed by atoms with E-state index in [-0.39, 0.29) is 5.82 Å². The van der Waals surface area contributed by atoms with E-state index in [4.69, 9.17) is 14.9 Å². The van der Waals surface area contributed by atoms with Crippen molar-refractivity contribution in [2.75, 3.05) is 12.8 Å². The predicted molar refractivity (Wildman–Crippen MR) is 97.3 cm³/mol. The second-order valence-corrected chi connectivity index (χ2v) is 5.82. The van der Waals surface area contributed by atoms with Gasteiger partial charge in [0.25, 0.3) is 0 Å². The second kappa shape index (κ2) is 5.93. The number of methoxy groups -OCH3 is 1. The molecule has 0 aliphatic heterocycles. The number of benzene rings is 1. The van der Waals surface area contributed by atoms with Gasteiger partial charge >= 0.3 is 0 Å². The number of pyridine rings is 1. The van der Waals surface area contributed by atoms with Gasteiger partial charge in [-0.15, -0.1) is 0 Å². The van der Waals surface area contributed by atoms with Crippen LogP contribution >= 0.6 is 0 Å². The second-order valence-electron chi connectivity index (χ2n) is 5.82. The van der Waals surface area contributed by atoms with Gasteiger partial charge in [-0.25, -0.2) is 4.98 Å². The largest absolute Gasteiger partial charge is 0.493 e. The van der Waals surface area contributed by atoms with Gasteiger partial charge in [-0.05, 0) is 18.2 Å². The first-order chi connectivity index (χ1) is 12.6. The highest BCUT2D eigenvalue weighted by Gasteiger charge is 2.17. The summed E-state index contributed by atoms with van der Waals surface area (Å²) in [6, 6.07) is 11.4. The van der Waals surface area contributed by atoms with Crippen molar-refractivity contribution in [2.24, 2.45) is 7.05 Å². The molecular weight excluding hydrogens is 330 g/mol. The number of anilines is 1. The molecule has 0 aliphatic rings. The molecule has 4 aromatic rings. The number of nitrogen functional groups attached to an aromatic ring is 1. The molecule has 0 unspecified atom stereocenters. The smallest absolute Gasteiger partial charge is 0.176 e. The van der Waals surface area contributed by atoms with Gasteiger partial charge in [0.05, 0.1) is 13.3 Å². The van der Waals surface area contributed by atoms with E-state index in [9.17, 15) is 5.26 Å². The third-order valence-electron chi connectivity index (χ3n) is 4.16. The number of nitriles is 1. The molecule has 0 saturated carbocycles. The number of rotatable bonds is 3. The number of hydrogen-bond acceptors (Lipinski definition) is 6. The van der Waals surface area contributed by atoms with Crippen LogP contribution in [0.2, 0.25) is 0 Å². The highest BCUT2D eigenvalue weighted by molar-refractivity contribution is 5.88. The molecule has 0 amide bonds. The van der Waals surface area contributed by atoms with Crippen LogP contribution < -0.4 is 10.5 Å². The molecule has 26 heavy (non-hydrogen) atoms. The van der Waals surface area contributed by atoms with Gasteiger partial charge in [0.1, 0.15) is 23.1 Å². The standard InChI is InChI=1S/C19H15N5O2/c1-24-10-12(9-22-24)13-7-15(23-19(21)14(13)8-20)17-6-11-4-3-5-16(25-2)18(11)26-17/h3-7,9-10H,1-2H3,(H2,21,23). The van der Waals surface area contributed by atoms with Crippen molar-refractivity contribution in [3.05, 3.63) is 48.3 Å². The molecule has 2 N–H and O–H groups in total. The first-order valence-corrected chi connectivity index (χ1v) is 7.87. The Bertz CT molecular complexity index is 1170. The number of hydrogen-bond donors (Lipinski definition) is 1. The number of fused-ring (bicyclic) bond motifs is 1. The van der Waals surface area contributed by atoms with E-state index >= 15 is 0 Å². The summed E-state index contributed by atoms with van der Waals surface area (Å²) in [5.41, 5.74) is 8.98. The molecule has 128 valence electrons. The molecule has 0 atom stereocenters. The minimum absolute atomic E-state index is 0.149. The first kappa shape index (κ1) is 15.7. The van der Waals surface area contributed by atoms with Crippen LogP contribution in [0.4, 0.5) is 5.82 Å². The summed E-state index contributed by atoms with van der Waals surface area (Å²) < 4.78 is 13.0. The molecule has 7 heteroatoms. The predicted octanol–water partition coefficient (Wildman–Crippen LogP) is 3.36. The maximum atomic E-state index is 9.47. The van der Waals surface area contributed by atoms with Crippen LogP contribution in [0.5, 0.6) is 5.75 Å². The van der Waals surface area contributed by atoms with Crippen LogP contribution in [0.15, 0.2) is 47.1 Å². The Morgan fingerprint density at radius 2 is 2.15 bits per heavy atom. The van der Waals surface area contributed by atoms with Crippen molar-refractivity contribution >= 4 is 16.8 Å². The first-order valence-electron chi connectivity index (χ1n) is 7.87. The van der Waals surface area contributed by atoms with Crippen molar-refractivity contribution in [2.45, 2.75) is 0 Å². The van der Waals surface area contributed by atoms with Crippen LogP contribution in [-0.2, 0) is 7.05 Å². The van der Waals surface area contributed by atoms with E-state index in [2.05, 4.69) is 16.2 Å². The Kier molecular flexibility index (Phi) is 3.59. The number of ether oxygens (including phenoxy) is 1. The average molecular weight is 345 g/mol. The lowest BCUT2D eigenvalue weighted by atomic mass is 10.0. The molecule has 0 saturated heterocycles. The van der Waals surface area contributed by atoms with Crippen LogP contribution in [0.3, 0.4) is 0 Å². The lowest BCUT2D eigenvalue weighted by molar-refractivity contribution is 0.411. The van der Waals surface area contributed by atoms with Gasteiger partial charge in [-0.2, -0.15) is 10.4 Å². The normalized spacial score (nSPS) is 10.8. The molecule has 3 heterocycles. The summed E-state index contributed by atoms with van der Waals surface area (Å²) in [6.07, 6.45) is 3.50. The van der Waals surface area contributed by atoms with E-state index in [1.54, 1.807) is 24.1 Å². The number of para-hydroxylation sites is 1. The molecular formula is C19H15N5O2. The molecule has 0 bridgehead atoms. The molecule has 1 aromatic carbocycles. The van der Waals surface area contributed by atoms with Gasteiger partial charge in [0, 0.05) is 29.8 Å². The summed E-state index contributed by atoms with van der Waals surface area (Å²) >= 11 is 0. The molecule has 0 radical (unpaired) electrons. The fourth-order valence-corrected chi connectivity index (χ4v) is 2.92. The van der Waals surface area contributed by atoms with Crippen molar-refractivity contribution in [1.29, 1.82) is 5.26 Å². The van der Waals surface area contributed by atoms with Crippen LogP contribution in [0.1, 0.15) is 5.56 Å². The topological polar surface area (TPSA) is 103 Å². The minimum atomic E-state index is 0.149. The SMILES string of the molecule is COc1cccc2cc(-c3cc(-c4cnn(C)c4)c(C#N)c(N)n3)oc12. The maximum Gasteiger partial charge on any atom is 0.176 e. The van der Waals surface area contributed by atoms with Crippen molar-refractivity contribution in [3.8, 4) is 34.4 Å². The number of nitrogens with zero attached hydrogens (tertiary/aromatic N) is 4. The maximum absolute atomic E-state index is 9.47. The van der Waals surface area contributed by atoms with Gasteiger partial charge in [0.2, 0.25) is 0 Å². The molecule has 3 aromatic heterocycles. The summed E-state index contributed by atoms with van der Waals surface area (Å²) in [5.74, 6) is 1.34. The van der Waals surface area contributed by atoms with E-state index in [0.717, 1.165) is 10.9 Å². The Labute approximate surface area is 149 Å². The number of nitrogens with two attached hydrogens (primary N) is 1. The number of aromatic nitrogens is 3. The Morgan fingerprint density at radius 1 is 1.31 bits per heavy atom. The van der Waals surface area contributed by atoms with Gasteiger partial charge < -0.3 is 14.9 Å². The number of aryl methyl sites for hydroxylation is 1. The summed E-state index contributed by atoms with van der Waals surface area (Å²) in [7, 11) is 3.40. The molecule has 7 nitrogen and oxygen atoms in total. The summed E-state index contributed by atoms with van der Waals surface area (Å²) in [6.45, 7) is 0. The lowest BCUT2D eigenvalue weighted by Crippen LogP contribution is -1.99. The van der Waals surface area contributed by atoms with Crippen LogP contribution in [0, 0.1) is 11.3 Å². The fraction of sp³-hybridized carbons (Fsp3) is 0.105. The highest BCUT2D eigenvalue weighted by atomic mass is 16.5. The van der Waals surface area contributed by atoms with E-state index < -0.39 is 0 Å². The van der Waals surface area contributed by atoms with Gasteiger partial charge in [-0.1, -0.05) is 12.1 Å². The average Bonchev–Trinajstić information content (AvgIpc) is 3.26. The van der Waals surface area contributed by atoms with Crippen molar-refractivity contribution < 1.29 is 9.15 Å². The van der Waals surface area contributed by atoms with Crippen molar-refractivity contribution in [1.82, 2.24) is 14.8 Å². The van der Waals surface area contributed by atoms with Gasteiger partial charge in [0.15, 0.2) is 17.1 Å². The van der Waals surface area contributed by atoms with Crippen molar-refractivity contribution in [3.63, 3.8) is 0 Å². The molecule has 0 fully saturated rings. The molecule has 4 rings (SSSR count). The minimum Gasteiger partial charge on any atom is -0.493 e. The summed E-state index contributed by atoms with van der Waals surface area (Å²) in [4.78, 5) is 4.35. The Morgan fingerprint density at radius 3 is 2.85 bits per heavy atom. The lowest BCUT2D eigenvalue weighted by Gasteiger charge is -2.07. The van der Waals surface area contributed by atoms with Crippen LogP contribution in [0.25, 0.3) is 33.6 Å². The molecule has 0 aliphatic carbocycles. The monoisotopic (exact) mass is 345 g/mol. The zero-order chi connectivity index (χ0) is 18.3. The highest BCUT2D eigenvalue weighted by Crippen LogP contribution is 2.35. The number of furan rings is 1. The molecule has 0 spiro atoms. The quantitative estimate of drug-likeness (QED) is 0.611. The Balaban J connectivity index is 1.93. The zero-order valence-corrected chi connectivity index (χ0v) is 14.2. The van der Waals surface area contributed by atoms with E-state index in [1.165, 1.54) is 0 Å². The summed E-state index contributed by atoms with van der Waals surface area (Å²) in [5, 5.41) is 14.5. The third kappa shape index (κ3) is 2.45. The fourth-order valence-electron chi connectivity index (χ4n) is 2.92. The zero-order valence-electron chi connectivity index (χ0n) is 14.2. The van der Waals surface area contributed by atoms with E-state index in [0.29, 0.717) is 33.9 Å².